The predicted octanol–water partition coefficient (Wildman–Crippen LogP) is 3.27. The normalized spacial score (nSPS) is 12.8. The van der Waals surface area contributed by atoms with Crippen LogP contribution in [0.1, 0.15) is 22.8 Å². The first-order valence-corrected chi connectivity index (χ1v) is 6.79. The van der Waals surface area contributed by atoms with Crippen molar-refractivity contribution in [3.63, 3.8) is 0 Å². The molecule has 0 fully saturated rings. The van der Waals surface area contributed by atoms with Gasteiger partial charge in [-0.05, 0) is 31.0 Å². The Morgan fingerprint density at radius 1 is 1.40 bits per heavy atom. The summed E-state index contributed by atoms with van der Waals surface area (Å²) in [6, 6.07) is 3.52. The Labute approximate surface area is 125 Å². The molecule has 0 radical (unpaired) electrons. The number of anilines is 1. The standard InChI is InChI=1S/C14H14BrNO4/c1-8(2)20-14(18)16-5-4-9-6-10(15)7-11(12(9)16)13(17)19-3/h6-7H,1,4-5H2,2-3H3. The predicted molar refractivity (Wildman–Crippen MR) is 77.8 cm³/mol. The number of halogens is 1. The molecule has 2 rings (SSSR count). The van der Waals surface area contributed by atoms with E-state index in [9.17, 15) is 9.59 Å². The molecular weight excluding hydrogens is 326 g/mol. The van der Waals surface area contributed by atoms with Crippen LogP contribution < -0.4 is 4.90 Å². The number of esters is 1. The van der Waals surface area contributed by atoms with Gasteiger partial charge in [-0.25, -0.2) is 9.59 Å². The third-order valence-electron chi connectivity index (χ3n) is 2.92. The zero-order valence-electron chi connectivity index (χ0n) is 11.2. The van der Waals surface area contributed by atoms with E-state index >= 15 is 0 Å². The average Bonchev–Trinajstić information content (AvgIpc) is 2.79. The fourth-order valence-electron chi connectivity index (χ4n) is 2.16. The Morgan fingerprint density at radius 2 is 2.10 bits per heavy atom. The van der Waals surface area contributed by atoms with E-state index in [0.717, 1.165) is 10.0 Å². The van der Waals surface area contributed by atoms with Crippen molar-refractivity contribution in [3.05, 3.63) is 40.1 Å². The number of allylic oxidation sites excluding steroid dienone is 1. The Kier molecular flexibility index (Phi) is 4.13. The van der Waals surface area contributed by atoms with Gasteiger partial charge in [0, 0.05) is 11.0 Å². The number of fused-ring (bicyclic) bond motifs is 1. The molecule has 0 N–H and O–H groups in total. The molecule has 1 amide bonds. The van der Waals surface area contributed by atoms with E-state index in [-0.39, 0.29) is 0 Å². The summed E-state index contributed by atoms with van der Waals surface area (Å²) in [5.74, 6) is -0.183. The molecule has 20 heavy (non-hydrogen) atoms. The fraction of sp³-hybridized carbons (Fsp3) is 0.286. The van der Waals surface area contributed by atoms with Gasteiger partial charge in [-0.3, -0.25) is 4.90 Å². The summed E-state index contributed by atoms with van der Waals surface area (Å²) in [5.41, 5.74) is 1.79. The smallest absolute Gasteiger partial charge is 0.419 e. The van der Waals surface area contributed by atoms with E-state index in [1.54, 1.807) is 13.0 Å². The highest BCUT2D eigenvalue weighted by molar-refractivity contribution is 9.10. The van der Waals surface area contributed by atoms with Crippen LogP contribution in [0.3, 0.4) is 0 Å². The van der Waals surface area contributed by atoms with Gasteiger partial charge in [-0.1, -0.05) is 22.5 Å². The van der Waals surface area contributed by atoms with Crippen LogP contribution in [-0.2, 0) is 15.9 Å². The summed E-state index contributed by atoms with van der Waals surface area (Å²) in [7, 11) is 1.31. The van der Waals surface area contributed by atoms with Gasteiger partial charge in [0.1, 0.15) is 0 Å². The number of hydrogen-bond acceptors (Lipinski definition) is 4. The van der Waals surface area contributed by atoms with Crippen molar-refractivity contribution in [2.75, 3.05) is 18.6 Å². The van der Waals surface area contributed by atoms with Crippen LogP contribution in [0.5, 0.6) is 0 Å². The molecule has 1 aliphatic heterocycles. The van der Waals surface area contributed by atoms with Crippen LogP contribution in [0.25, 0.3) is 0 Å². The van der Waals surface area contributed by atoms with Crippen LogP contribution in [0.15, 0.2) is 28.9 Å². The molecule has 0 atom stereocenters. The Balaban J connectivity index is 2.46. The number of benzene rings is 1. The molecule has 106 valence electrons. The quantitative estimate of drug-likeness (QED) is 0.613. The number of methoxy groups -OCH3 is 1. The average molecular weight is 340 g/mol. The third kappa shape index (κ3) is 2.70. The topological polar surface area (TPSA) is 55.8 Å². The van der Waals surface area contributed by atoms with Gasteiger partial charge in [0.15, 0.2) is 0 Å². The van der Waals surface area contributed by atoms with Gasteiger partial charge >= 0.3 is 12.1 Å². The second-order valence-corrected chi connectivity index (χ2v) is 5.34. The number of nitrogens with zero attached hydrogens (tertiary/aromatic N) is 1. The molecule has 0 saturated heterocycles. The van der Waals surface area contributed by atoms with E-state index < -0.39 is 12.1 Å². The SMILES string of the molecule is C=C(C)OC(=O)N1CCc2cc(Br)cc(C(=O)OC)c21. The molecule has 0 bridgehead atoms. The minimum atomic E-state index is -0.538. The van der Waals surface area contributed by atoms with Crippen LogP contribution in [0, 0.1) is 0 Å². The minimum absolute atomic E-state index is 0.306. The van der Waals surface area contributed by atoms with Gasteiger partial charge < -0.3 is 9.47 Å². The molecule has 6 heteroatoms. The largest absolute Gasteiger partial charge is 0.465 e. The first-order chi connectivity index (χ1) is 9.43. The summed E-state index contributed by atoms with van der Waals surface area (Å²) in [6.45, 7) is 5.60. The van der Waals surface area contributed by atoms with Crippen molar-refractivity contribution < 1.29 is 19.1 Å². The molecule has 1 aromatic carbocycles. The van der Waals surface area contributed by atoms with Crippen LogP contribution in [-0.4, -0.2) is 25.7 Å². The van der Waals surface area contributed by atoms with Crippen molar-refractivity contribution in [2.24, 2.45) is 0 Å². The molecule has 0 spiro atoms. The molecule has 0 aromatic heterocycles. The van der Waals surface area contributed by atoms with Crippen LogP contribution in [0.4, 0.5) is 10.5 Å². The first-order valence-electron chi connectivity index (χ1n) is 5.99. The van der Waals surface area contributed by atoms with Crippen molar-refractivity contribution in [1.29, 1.82) is 0 Å². The minimum Gasteiger partial charge on any atom is -0.465 e. The molecule has 1 aliphatic rings. The molecule has 0 unspecified atom stereocenters. The maximum Gasteiger partial charge on any atom is 0.419 e. The lowest BCUT2D eigenvalue weighted by atomic mass is 10.1. The van der Waals surface area contributed by atoms with Gasteiger partial charge in [-0.15, -0.1) is 0 Å². The summed E-state index contributed by atoms with van der Waals surface area (Å²) in [4.78, 5) is 25.4. The number of hydrogen-bond donors (Lipinski definition) is 0. The zero-order valence-corrected chi connectivity index (χ0v) is 12.8. The Hall–Kier alpha value is -1.82. The van der Waals surface area contributed by atoms with E-state index in [1.807, 2.05) is 6.07 Å². The number of rotatable bonds is 2. The summed E-state index contributed by atoms with van der Waals surface area (Å²) in [6.07, 6.45) is 0.119. The first kappa shape index (κ1) is 14.6. The molecule has 0 saturated carbocycles. The van der Waals surface area contributed by atoms with Crippen molar-refractivity contribution in [2.45, 2.75) is 13.3 Å². The van der Waals surface area contributed by atoms with Gasteiger partial charge in [0.2, 0.25) is 0 Å². The second-order valence-electron chi connectivity index (χ2n) is 4.42. The molecular formula is C14H14BrNO4. The van der Waals surface area contributed by atoms with Crippen molar-refractivity contribution in [1.82, 2.24) is 0 Å². The van der Waals surface area contributed by atoms with Gasteiger partial charge in [0.05, 0.1) is 24.1 Å². The van der Waals surface area contributed by atoms with E-state index in [1.165, 1.54) is 12.0 Å². The van der Waals surface area contributed by atoms with E-state index in [4.69, 9.17) is 9.47 Å². The molecule has 1 aromatic rings. The lowest BCUT2D eigenvalue weighted by Gasteiger charge is -2.19. The Bertz CT molecular complexity index is 597. The second kappa shape index (κ2) is 5.66. The fourth-order valence-corrected chi connectivity index (χ4v) is 2.67. The molecule has 0 aliphatic carbocycles. The highest BCUT2D eigenvalue weighted by Gasteiger charge is 2.31. The summed E-state index contributed by atoms with van der Waals surface area (Å²) < 4.78 is 10.6. The number of carbonyl (C=O) groups excluding carboxylic acids is 2. The van der Waals surface area contributed by atoms with Gasteiger partial charge in [0.25, 0.3) is 0 Å². The highest BCUT2D eigenvalue weighted by atomic mass is 79.9. The Morgan fingerprint density at radius 3 is 2.70 bits per heavy atom. The summed E-state index contributed by atoms with van der Waals surface area (Å²) >= 11 is 3.35. The number of amides is 1. The molecule has 1 heterocycles. The van der Waals surface area contributed by atoms with E-state index in [2.05, 4.69) is 22.5 Å². The van der Waals surface area contributed by atoms with E-state index in [0.29, 0.717) is 30.0 Å². The van der Waals surface area contributed by atoms with Crippen LogP contribution in [0.2, 0.25) is 0 Å². The lowest BCUT2D eigenvalue weighted by molar-refractivity contribution is 0.0601. The van der Waals surface area contributed by atoms with Crippen molar-refractivity contribution in [3.8, 4) is 0 Å². The number of ether oxygens (including phenoxy) is 2. The van der Waals surface area contributed by atoms with Crippen LogP contribution >= 0.6 is 15.9 Å². The maximum absolute atomic E-state index is 12.0. The highest BCUT2D eigenvalue weighted by Crippen LogP contribution is 2.35. The number of carbonyl (C=O) groups is 2. The third-order valence-corrected chi connectivity index (χ3v) is 3.37. The monoisotopic (exact) mass is 339 g/mol. The maximum atomic E-state index is 12.0. The zero-order chi connectivity index (χ0) is 14.9. The summed E-state index contributed by atoms with van der Waals surface area (Å²) in [5, 5.41) is 0. The van der Waals surface area contributed by atoms with Crippen molar-refractivity contribution >= 4 is 33.7 Å². The lowest BCUT2D eigenvalue weighted by Crippen LogP contribution is -2.30. The molecule has 5 nitrogen and oxygen atoms in total. The van der Waals surface area contributed by atoms with Gasteiger partial charge in [-0.2, -0.15) is 0 Å².